The van der Waals surface area contributed by atoms with Gasteiger partial charge in [0.2, 0.25) is 5.91 Å². The summed E-state index contributed by atoms with van der Waals surface area (Å²) < 4.78 is 6.33. The molecule has 1 amide bonds. The molecule has 0 spiro atoms. The Balaban J connectivity index is 1.66. The van der Waals surface area contributed by atoms with E-state index in [1.54, 1.807) is 42.5 Å². The highest BCUT2D eigenvalue weighted by Gasteiger charge is 2.07. The van der Waals surface area contributed by atoms with Gasteiger partial charge in [-0.1, -0.05) is 24.3 Å². The lowest BCUT2D eigenvalue weighted by atomic mass is 10.2. The Morgan fingerprint density at radius 1 is 1.25 bits per heavy atom. The predicted octanol–water partition coefficient (Wildman–Crippen LogP) is 3.98. The number of amides is 1. The van der Waals surface area contributed by atoms with E-state index < -0.39 is 0 Å². The number of methoxy groups -OCH3 is 1. The molecule has 0 aliphatic heterocycles. The molecule has 0 saturated heterocycles. The van der Waals surface area contributed by atoms with Crippen LogP contribution in [-0.2, 0) is 11.3 Å². The molecule has 0 atom stereocenters. The van der Waals surface area contributed by atoms with Gasteiger partial charge in [-0.3, -0.25) is 4.79 Å². The van der Waals surface area contributed by atoms with Gasteiger partial charge in [-0.05, 0) is 35.9 Å². The smallest absolute Gasteiger partial charge is 0.246 e. The number of fused-ring (bicyclic) bond motifs is 1. The van der Waals surface area contributed by atoms with Gasteiger partial charge in [0.05, 0.1) is 17.3 Å². The molecule has 0 bridgehead atoms. The molecule has 3 aromatic rings. The van der Waals surface area contributed by atoms with Gasteiger partial charge >= 0.3 is 0 Å². The maximum atomic E-state index is 12.3. The average Bonchev–Trinajstić information content (AvgIpc) is 3.02. The quantitative estimate of drug-likeness (QED) is 0.661. The molecule has 5 heteroatoms. The molecular formula is C19H18N2O2S. The monoisotopic (exact) mass is 338 g/mol. The SMILES string of the molecule is COc1cccc(CN(C)C(=O)/C=C/c2nc3ccccc3s2)c1. The van der Waals surface area contributed by atoms with Crippen molar-refractivity contribution < 1.29 is 9.53 Å². The molecule has 0 aliphatic rings. The first-order valence-electron chi connectivity index (χ1n) is 7.57. The lowest BCUT2D eigenvalue weighted by Crippen LogP contribution is -2.24. The highest BCUT2D eigenvalue weighted by atomic mass is 32.1. The van der Waals surface area contributed by atoms with Crippen LogP contribution in [0.1, 0.15) is 10.6 Å². The minimum atomic E-state index is -0.0583. The van der Waals surface area contributed by atoms with Gasteiger partial charge in [-0.2, -0.15) is 0 Å². The van der Waals surface area contributed by atoms with E-state index in [1.165, 1.54) is 0 Å². The highest BCUT2D eigenvalue weighted by molar-refractivity contribution is 7.19. The molecule has 0 fully saturated rings. The van der Waals surface area contributed by atoms with Crippen LogP contribution in [0.2, 0.25) is 0 Å². The fraction of sp³-hybridized carbons (Fsp3) is 0.158. The fourth-order valence-electron chi connectivity index (χ4n) is 2.35. The van der Waals surface area contributed by atoms with Crippen molar-refractivity contribution in [3.05, 3.63) is 65.2 Å². The Labute approximate surface area is 145 Å². The van der Waals surface area contributed by atoms with E-state index in [4.69, 9.17) is 4.74 Å². The van der Waals surface area contributed by atoms with Crippen LogP contribution in [0, 0.1) is 0 Å². The first kappa shape index (κ1) is 16.2. The van der Waals surface area contributed by atoms with Gasteiger partial charge in [0, 0.05) is 19.7 Å². The number of carbonyl (C=O) groups excluding carboxylic acids is 1. The molecule has 3 rings (SSSR count). The lowest BCUT2D eigenvalue weighted by molar-refractivity contribution is -0.125. The van der Waals surface area contributed by atoms with Gasteiger partial charge in [0.1, 0.15) is 10.8 Å². The van der Waals surface area contributed by atoms with Gasteiger partial charge in [0.25, 0.3) is 0 Å². The zero-order chi connectivity index (χ0) is 16.9. The molecule has 2 aromatic carbocycles. The maximum absolute atomic E-state index is 12.3. The molecule has 0 N–H and O–H groups in total. The van der Waals surface area contributed by atoms with Crippen molar-refractivity contribution in [3.63, 3.8) is 0 Å². The molecule has 1 aromatic heterocycles. The van der Waals surface area contributed by atoms with Crippen LogP contribution in [0.3, 0.4) is 0 Å². The third-order valence-electron chi connectivity index (χ3n) is 3.61. The molecule has 0 unspecified atom stereocenters. The predicted molar refractivity (Wildman–Crippen MR) is 98.1 cm³/mol. The Morgan fingerprint density at radius 2 is 2.08 bits per heavy atom. The second-order valence-electron chi connectivity index (χ2n) is 5.40. The van der Waals surface area contributed by atoms with Crippen LogP contribution >= 0.6 is 11.3 Å². The van der Waals surface area contributed by atoms with E-state index in [-0.39, 0.29) is 5.91 Å². The van der Waals surface area contributed by atoms with Crippen molar-refractivity contribution in [3.8, 4) is 5.75 Å². The Hall–Kier alpha value is -2.66. The van der Waals surface area contributed by atoms with Crippen LogP contribution in [0.15, 0.2) is 54.6 Å². The number of hydrogen-bond acceptors (Lipinski definition) is 4. The summed E-state index contributed by atoms with van der Waals surface area (Å²) in [6.07, 6.45) is 3.34. The third-order valence-corrected chi connectivity index (χ3v) is 4.61. The molecule has 122 valence electrons. The summed E-state index contributed by atoms with van der Waals surface area (Å²) in [6, 6.07) is 15.7. The number of likely N-dealkylation sites (N-methyl/N-ethyl adjacent to an activating group) is 1. The van der Waals surface area contributed by atoms with Crippen molar-refractivity contribution in [1.82, 2.24) is 9.88 Å². The van der Waals surface area contributed by atoms with Crippen LogP contribution in [0.4, 0.5) is 0 Å². The van der Waals surface area contributed by atoms with E-state index in [9.17, 15) is 4.79 Å². The Bertz CT molecular complexity index is 853. The van der Waals surface area contributed by atoms with Gasteiger partial charge in [-0.15, -0.1) is 11.3 Å². The molecule has 0 aliphatic carbocycles. The molecular weight excluding hydrogens is 320 g/mol. The van der Waals surface area contributed by atoms with Crippen LogP contribution in [0.25, 0.3) is 16.3 Å². The normalized spacial score (nSPS) is 11.1. The number of benzene rings is 2. The summed E-state index contributed by atoms with van der Waals surface area (Å²) in [7, 11) is 3.42. The third kappa shape index (κ3) is 3.81. The van der Waals surface area contributed by atoms with Crippen molar-refractivity contribution in [2.24, 2.45) is 0 Å². The summed E-state index contributed by atoms with van der Waals surface area (Å²) in [5.41, 5.74) is 1.98. The largest absolute Gasteiger partial charge is 0.497 e. The highest BCUT2D eigenvalue weighted by Crippen LogP contribution is 2.22. The summed E-state index contributed by atoms with van der Waals surface area (Å²) in [5.74, 6) is 0.732. The van der Waals surface area contributed by atoms with E-state index in [2.05, 4.69) is 4.98 Å². The van der Waals surface area contributed by atoms with E-state index in [0.717, 1.165) is 26.5 Å². The fourth-order valence-corrected chi connectivity index (χ4v) is 3.22. The molecule has 0 radical (unpaired) electrons. The lowest BCUT2D eigenvalue weighted by Gasteiger charge is -2.15. The first-order chi connectivity index (χ1) is 11.7. The van der Waals surface area contributed by atoms with Gasteiger partial charge < -0.3 is 9.64 Å². The molecule has 1 heterocycles. The standard InChI is InChI=1S/C19H18N2O2S/c1-21(13-14-6-5-7-15(12-14)23-2)19(22)11-10-18-20-16-8-3-4-9-17(16)24-18/h3-12H,13H2,1-2H3/b11-10+. The topological polar surface area (TPSA) is 42.4 Å². The molecule has 4 nitrogen and oxygen atoms in total. The zero-order valence-electron chi connectivity index (χ0n) is 13.6. The summed E-state index contributed by atoms with van der Waals surface area (Å²) in [6.45, 7) is 0.528. The number of ether oxygens (including phenoxy) is 1. The second-order valence-corrected chi connectivity index (χ2v) is 6.46. The van der Waals surface area contributed by atoms with E-state index >= 15 is 0 Å². The number of carbonyl (C=O) groups is 1. The van der Waals surface area contributed by atoms with Crippen molar-refractivity contribution in [2.45, 2.75) is 6.54 Å². The number of aromatic nitrogens is 1. The van der Waals surface area contributed by atoms with Crippen LogP contribution in [-0.4, -0.2) is 29.9 Å². The van der Waals surface area contributed by atoms with E-state index in [0.29, 0.717) is 6.54 Å². The summed E-state index contributed by atoms with van der Waals surface area (Å²) in [5, 5.41) is 0.833. The average molecular weight is 338 g/mol. The number of rotatable bonds is 5. The Morgan fingerprint density at radius 3 is 2.88 bits per heavy atom. The number of para-hydroxylation sites is 1. The van der Waals surface area contributed by atoms with Gasteiger partial charge in [0.15, 0.2) is 0 Å². The molecule has 0 saturated carbocycles. The van der Waals surface area contributed by atoms with E-state index in [1.807, 2.05) is 48.5 Å². The number of hydrogen-bond donors (Lipinski definition) is 0. The first-order valence-corrected chi connectivity index (χ1v) is 8.39. The van der Waals surface area contributed by atoms with Crippen molar-refractivity contribution >= 4 is 33.5 Å². The summed E-state index contributed by atoms with van der Waals surface area (Å²) >= 11 is 1.57. The van der Waals surface area contributed by atoms with Crippen molar-refractivity contribution in [2.75, 3.05) is 14.2 Å². The number of nitrogens with zero attached hydrogens (tertiary/aromatic N) is 2. The minimum Gasteiger partial charge on any atom is -0.497 e. The maximum Gasteiger partial charge on any atom is 0.246 e. The summed E-state index contributed by atoms with van der Waals surface area (Å²) in [4.78, 5) is 18.4. The Kier molecular flexibility index (Phi) is 4.91. The minimum absolute atomic E-state index is 0.0583. The molecule has 24 heavy (non-hydrogen) atoms. The van der Waals surface area contributed by atoms with Gasteiger partial charge in [-0.25, -0.2) is 4.98 Å². The zero-order valence-corrected chi connectivity index (χ0v) is 14.4. The second kappa shape index (κ2) is 7.27. The number of thiazole rings is 1. The van der Waals surface area contributed by atoms with Crippen molar-refractivity contribution in [1.29, 1.82) is 0 Å². The van der Waals surface area contributed by atoms with Crippen LogP contribution in [0.5, 0.6) is 5.75 Å². The van der Waals surface area contributed by atoms with Crippen LogP contribution < -0.4 is 4.74 Å².